The molecule has 2 aliphatic rings. The van der Waals surface area contributed by atoms with Gasteiger partial charge in [-0.05, 0) is 48.3 Å². The van der Waals surface area contributed by atoms with Gasteiger partial charge in [-0.15, -0.1) is 0 Å². The second-order valence-electron chi connectivity index (χ2n) is 7.35. The molecule has 3 rings (SSSR count). The standard InChI is InChI=1S/C17H23ClN2O/c1-10-9-17(2,3)5-4-13(10)19-15-6-11-7-16(21)20-14(11)8-12(15)18/h6,8,10,13,19H,4-5,7,9H2,1-3H3,(H,20,21). The Bertz CT molecular complexity index is 582. The van der Waals surface area contributed by atoms with Crippen LogP contribution >= 0.6 is 11.6 Å². The molecule has 114 valence electrons. The number of halogens is 1. The molecule has 1 amide bonds. The minimum atomic E-state index is 0.0472. The molecule has 0 radical (unpaired) electrons. The lowest BCUT2D eigenvalue weighted by Crippen LogP contribution is -2.36. The minimum absolute atomic E-state index is 0.0472. The molecule has 0 spiro atoms. The lowest BCUT2D eigenvalue weighted by molar-refractivity contribution is -0.115. The van der Waals surface area contributed by atoms with E-state index in [4.69, 9.17) is 11.6 Å². The van der Waals surface area contributed by atoms with Crippen molar-refractivity contribution in [3.05, 3.63) is 22.7 Å². The van der Waals surface area contributed by atoms with Crippen LogP contribution in [0.25, 0.3) is 0 Å². The van der Waals surface area contributed by atoms with Crippen LogP contribution in [0.2, 0.25) is 5.02 Å². The number of anilines is 2. The van der Waals surface area contributed by atoms with Crippen molar-refractivity contribution in [1.29, 1.82) is 0 Å². The molecule has 4 heteroatoms. The normalized spacial score (nSPS) is 27.1. The molecule has 0 aromatic heterocycles. The molecule has 1 fully saturated rings. The summed E-state index contributed by atoms with van der Waals surface area (Å²) in [7, 11) is 0. The Hall–Kier alpha value is -1.22. The summed E-state index contributed by atoms with van der Waals surface area (Å²) < 4.78 is 0. The summed E-state index contributed by atoms with van der Waals surface area (Å²) >= 11 is 6.36. The summed E-state index contributed by atoms with van der Waals surface area (Å²) in [5.74, 6) is 0.670. The third-order valence-electron chi connectivity index (χ3n) is 4.85. The molecular formula is C17H23ClN2O. The van der Waals surface area contributed by atoms with Crippen LogP contribution in [0.4, 0.5) is 11.4 Å². The summed E-state index contributed by atoms with van der Waals surface area (Å²) in [6.07, 6.45) is 4.08. The number of rotatable bonds is 2. The van der Waals surface area contributed by atoms with Gasteiger partial charge in [-0.25, -0.2) is 0 Å². The van der Waals surface area contributed by atoms with Gasteiger partial charge in [-0.2, -0.15) is 0 Å². The van der Waals surface area contributed by atoms with E-state index in [0.29, 0.717) is 28.8 Å². The van der Waals surface area contributed by atoms with Crippen molar-refractivity contribution in [1.82, 2.24) is 0 Å². The van der Waals surface area contributed by atoms with E-state index in [1.807, 2.05) is 12.1 Å². The fraction of sp³-hybridized carbons (Fsp3) is 0.588. The van der Waals surface area contributed by atoms with Gasteiger partial charge in [0, 0.05) is 11.7 Å². The highest BCUT2D eigenvalue weighted by Crippen LogP contribution is 2.41. The number of hydrogen-bond donors (Lipinski definition) is 2. The van der Waals surface area contributed by atoms with Crippen molar-refractivity contribution in [3.8, 4) is 0 Å². The highest BCUT2D eigenvalue weighted by atomic mass is 35.5. The van der Waals surface area contributed by atoms with Crippen molar-refractivity contribution in [2.75, 3.05) is 10.6 Å². The Kier molecular flexibility index (Phi) is 3.64. The second kappa shape index (κ2) is 5.20. The lowest BCUT2D eigenvalue weighted by Gasteiger charge is -2.40. The van der Waals surface area contributed by atoms with Crippen LogP contribution < -0.4 is 10.6 Å². The van der Waals surface area contributed by atoms with Crippen molar-refractivity contribution in [2.45, 2.75) is 52.5 Å². The molecule has 0 bridgehead atoms. The molecule has 1 aliphatic heterocycles. The first-order valence-electron chi connectivity index (χ1n) is 7.73. The molecule has 3 nitrogen and oxygen atoms in total. The van der Waals surface area contributed by atoms with Crippen LogP contribution in [-0.2, 0) is 11.2 Å². The van der Waals surface area contributed by atoms with E-state index in [-0.39, 0.29) is 5.91 Å². The predicted octanol–water partition coefficient (Wildman–Crippen LogP) is 4.46. The van der Waals surface area contributed by atoms with Crippen molar-refractivity contribution >= 4 is 28.9 Å². The summed E-state index contributed by atoms with van der Waals surface area (Å²) in [5.41, 5.74) is 3.29. The van der Waals surface area contributed by atoms with E-state index in [1.54, 1.807) is 0 Å². The number of nitrogens with one attached hydrogen (secondary N) is 2. The zero-order chi connectivity index (χ0) is 15.2. The van der Waals surface area contributed by atoms with Crippen molar-refractivity contribution < 1.29 is 4.79 Å². The van der Waals surface area contributed by atoms with Gasteiger partial charge in [-0.3, -0.25) is 4.79 Å². The van der Waals surface area contributed by atoms with Gasteiger partial charge in [0.05, 0.1) is 17.1 Å². The average Bonchev–Trinajstić information content (AvgIpc) is 2.71. The first-order valence-corrected chi connectivity index (χ1v) is 8.11. The Morgan fingerprint density at radius 3 is 2.86 bits per heavy atom. The SMILES string of the molecule is CC1CC(C)(C)CCC1Nc1cc2c(cc1Cl)NC(=O)C2. The van der Waals surface area contributed by atoms with Gasteiger partial charge in [0.2, 0.25) is 5.91 Å². The maximum absolute atomic E-state index is 11.5. The van der Waals surface area contributed by atoms with Crippen LogP contribution in [0, 0.1) is 11.3 Å². The van der Waals surface area contributed by atoms with Crippen LogP contribution in [0.3, 0.4) is 0 Å². The van der Waals surface area contributed by atoms with E-state index < -0.39 is 0 Å². The van der Waals surface area contributed by atoms with E-state index in [2.05, 4.69) is 31.4 Å². The first-order chi connectivity index (χ1) is 9.84. The second-order valence-corrected chi connectivity index (χ2v) is 7.76. The van der Waals surface area contributed by atoms with Crippen molar-refractivity contribution in [2.24, 2.45) is 11.3 Å². The van der Waals surface area contributed by atoms with Gasteiger partial charge >= 0.3 is 0 Å². The number of amides is 1. The molecule has 2 N–H and O–H groups in total. The number of carbonyl (C=O) groups is 1. The van der Waals surface area contributed by atoms with Crippen LogP contribution in [0.15, 0.2) is 12.1 Å². The predicted molar refractivity (Wildman–Crippen MR) is 88.0 cm³/mol. The molecule has 1 saturated carbocycles. The maximum Gasteiger partial charge on any atom is 0.228 e. The molecule has 0 saturated heterocycles. The average molecular weight is 307 g/mol. The molecule has 2 atom stereocenters. The quantitative estimate of drug-likeness (QED) is 0.847. The fourth-order valence-electron chi connectivity index (χ4n) is 3.72. The zero-order valence-corrected chi connectivity index (χ0v) is 13.7. The molecule has 21 heavy (non-hydrogen) atoms. The molecule has 1 aliphatic carbocycles. The minimum Gasteiger partial charge on any atom is -0.381 e. The van der Waals surface area contributed by atoms with Crippen LogP contribution in [-0.4, -0.2) is 11.9 Å². The van der Waals surface area contributed by atoms with E-state index in [9.17, 15) is 4.79 Å². The van der Waals surface area contributed by atoms with E-state index >= 15 is 0 Å². The smallest absolute Gasteiger partial charge is 0.228 e. The summed E-state index contributed by atoms with van der Waals surface area (Å²) in [5, 5.41) is 7.14. The van der Waals surface area contributed by atoms with Gasteiger partial charge < -0.3 is 10.6 Å². The Labute approximate surface area is 131 Å². The summed E-state index contributed by atoms with van der Waals surface area (Å²) in [6, 6.07) is 4.35. The Balaban J connectivity index is 1.77. The molecule has 1 heterocycles. The lowest BCUT2D eigenvalue weighted by atomic mass is 9.70. The third kappa shape index (κ3) is 3.03. The Morgan fingerprint density at radius 2 is 2.14 bits per heavy atom. The van der Waals surface area contributed by atoms with Crippen LogP contribution in [0.5, 0.6) is 0 Å². The largest absolute Gasteiger partial charge is 0.381 e. The number of carbonyl (C=O) groups excluding carboxylic acids is 1. The van der Waals surface area contributed by atoms with Gasteiger partial charge in [0.25, 0.3) is 0 Å². The molecule has 1 aromatic rings. The number of benzene rings is 1. The monoisotopic (exact) mass is 306 g/mol. The molecule has 2 unspecified atom stereocenters. The topological polar surface area (TPSA) is 41.1 Å². The van der Waals surface area contributed by atoms with Crippen molar-refractivity contribution in [3.63, 3.8) is 0 Å². The maximum atomic E-state index is 11.5. The first kappa shape index (κ1) is 14.7. The number of hydrogen-bond acceptors (Lipinski definition) is 2. The Morgan fingerprint density at radius 1 is 1.38 bits per heavy atom. The molecular weight excluding hydrogens is 284 g/mol. The zero-order valence-electron chi connectivity index (χ0n) is 12.9. The highest BCUT2D eigenvalue weighted by Gasteiger charge is 2.32. The fourth-order valence-corrected chi connectivity index (χ4v) is 3.94. The van der Waals surface area contributed by atoms with Gasteiger partial charge in [0.15, 0.2) is 0 Å². The van der Waals surface area contributed by atoms with Gasteiger partial charge in [0.1, 0.15) is 0 Å². The third-order valence-corrected chi connectivity index (χ3v) is 5.17. The van der Waals surface area contributed by atoms with Gasteiger partial charge in [-0.1, -0.05) is 32.4 Å². The summed E-state index contributed by atoms with van der Waals surface area (Å²) in [4.78, 5) is 11.5. The summed E-state index contributed by atoms with van der Waals surface area (Å²) in [6.45, 7) is 7.00. The molecule has 1 aromatic carbocycles. The van der Waals surface area contributed by atoms with Crippen LogP contribution in [0.1, 0.15) is 45.6 Å². The van der Waals surface area contributed by atoms with E-state index in [1.165, 1.54) is 19.3 Å². The number of fused-ring (bicyclic) bond motifs is 1. The van der Waals surface area contributed by atoms with E-state index in [0.717, 1.165) is 16.9 Å². The highest BCUT2D eigenvalue weighted by molar-refractivity contribution is 6.33.